The van der Waals surface area contributed by atoms with E-state index in [1.165, 1.54) is 32.9 Å². The maximum Gasteiger partial charge on any atom is 0.243 e. The van der Waals surface area contributed by atoms with Crippen molar-refractivity contribution in [3.63, 3.8) is 0 Å². The van der Waals surface area contributed by atoms with Crippen LogP contribution in [0.2, 0.25) is 0 Å². The molecule has 0 aliphatic carbocycles. The molecule has 1 atom stereocenters. The molecule has 0 bridgehead atoms. The van der Waals surface area contributed by atoms with Crippen molar-refractivity contribution in [1.29, 1.82) is 0 Å². The predicted molar refractivity (Wildman–Crippen MR) is 90.4 cm³/mol. The molecule has 1 N–H and O–H groups in total. The van der Waals surface area contributed by atoms with Crippen molar-refractivity contribution >= 4 is 17.5 Å². The van der Waals surface area contributed by atoms with Crippen LogP contribution >= 0.6 is 0 Å². The molecule has 5 nitrogen and oxygen atoms in total. The van der Waals surface area contributed by atoms with Crippen LogP contribution < -0.4 is 10.2 Å². The van der Waals surface area contributed by atoms with Crippen LogP contribution in [0, 0.1) is 0 Å². The summed E-state index contributed by atoms with van der Waals surface area (Å²) in [5.74, 6) is -0.120. The second kappa shape index (κ2) is 7.13. The molecule has 0 aromatic heterocycles. The van der Waals surface area contributed by atoms with Crippen LogP contribution in [-0.4, -0.2) is 48.9 Å². The van der Waals surface area contributed by atoms with Crippen LogP contribution in [0.25, 0.3) is 0 Å². The van der Waals surface area contributed by atoms with E-state index in [4.69, 9.17) is 0 Å². The summed E-state index contributed by atoms with van der Waals surface area (Å²) in [6.07, 6.45) is 4.15. The molecule has 0 unspecified atom stereocenters. The Morgan fingerprint density at radius 2 is 1.96 bits per heavy atom. The highest BCUT2D eigenvalue weighted by atomic mass is 16.2. The van der Waals surface area contributed by atoms with E-state index in [1.54, 1.807) is 4.90 Å². The van der Waals surface area contributed by atoms with Gasteiger partial charge in [0.2, 0.25) is 11.8 Å². The number of hydrogen-bond acceptors (Lipinski definition) is 3. The van der Waals surface area contributed by atoms with Crippen LogP contribution in [0.3, 0.4) is 0 Å². The Labute approximate surface area is 137 Å². The third kappa shape index (κ3) is 3.55. The van der Waals surface area contributed by atoms with Gasteiger partial charge in [-0.15, -0.1) is 0 Å². The Balaban J connectivity index is 1.53. The van der Waals surface area contributed by atoms with Gasteiger partial charge in [0.05, 0.1) is 0 Å². The molecular weight excluding hydrogens is 290 g/mol. The molecule has 1 fully saturated rings. The van der Waals surface area contributed by atoms with E-state index in [9.17, 15) is 9.59 Å². The number of benzene rings is 1. The van der Waals surface area contributed by atoms with E-state index in [0.717, 1.165) is 24.2 Å². The lowest BCUT2D eigenvalue weighted by Crippen LogP contribution is -2.47. The smallest absolute Gasteiger partial charge is 0.243 e. The highest BCUT2D eigenvalue weighted by Crippen LogP contribution is 2.32. The third-order valence-corrected chi connectivity index (χ3v) is 4.77. The Morgan fingerprint density at radius 3 is 2.70 bits per heavy atom. The summed E-state index contributed by atoms with van der Waals surface area (Å²) in [4.78, 5) is 28.5. The number of rotatable bonds is 5. The predicted octanol–water partition coefficient (Wildman–Crippen LogP) is 1.57. The van der Waals surface area contributed by atoms with Gasteiger partial charge in [-0.1, -0.05) is 18.2 Å². The number of anilines is 1. The number of nitrogens with one attached hydrogen (secondary N) is 1. The van der Waals surface area contributed by atoms with Gasteiger partial charge in [0.15, 0.2) is 0 Å². The van der Waals surface area contributed by atoms with Gasteiger partial charge >= 0.3 is 0 Å². The zero-order valence-corrected chi connectivity index (χ0v) is 13.8. The van der Waals surface area contributed by atoms with E-state index in [0.29, 0.717) is 13.0 Å². The number of carbonyl (C=O) groups is 2. The molecule has 124 valence electrons. The highest BCUT2D eigenvalue weighted by molar-refractivity contribution is 6.02. The molecule has 2 aliphatic heterocycles. The van der Waals surface area contributed by atoms with Crippen molar-refractivity contribution in [3.05, 3.63) is 29.8 Å². The fourth-order valence-corrected chi connectivity index (χ4v) is 3.62. The molecule has 1 aromatic carbocycles. The second-order valence-corrected chi connectivity index (χ2v) is 6.43. The topological polar surface area (TPSA) is 52.7 Å². The number of likely N-dealkylation sites (tertiary alicyclic amines) is 1. The number of para-hydroxylation sites is 1. The summed E-state index contributed by atoms with van der Waals surface area (Å²) in [7, 11) is 0. The summed E-state index contributed by atoms with van der Waals surface area (Å²) < 4.78 is 0. The van der Waals surface area contributed by atoms with Crippen LogP contribution in [-0.2, 0) is 16.0 Å². The van der Waals surface area contributed by atoms with Gasteiger partial charge in [0.1, 0.15) is 6.04 Å². The van der Waals surface area contributed by atoms with Gasteiger partial charge in [-0.05, 0) is 50.5 Å². The average Bonchev–Trinajstić information content (AvgIpc) is 3.18. The zero-order chi connectivity index (χ0) is 16.2. The summed E-state index contributed by atoms with van der Waals surface area (Å²) in [5.41, 5.74) is 1.94. The van der Waals surface area contributed by atoms with Gasteiger partial charge in [-0.2, -0.15) is 0 Å². The standard InChI is InChI=1S/C18H25N3O2/c1-14(22)21-16-8-3-2-7-15(16)13-17(21)18(23)19-9-6-12-20-10-4-5-11-20/h2-3,7-8,17H,4-6,9-13H2,1H3,(H,19,23)/t17-/m0/s1. The first-order valence-corrected chi connectivity index (χ1v) is 8.54. The van der Waals surface area contributed by atoms with Gasteiger partial charge in [-0.25, -0.2) is 0 Å². The van der Waals surface area contributed by atoms with Gasteiger partial charge < -0.3 is 10.2 Å². The monoisotopic (exact) mass is 315 g/mol. The Hall–Kier alpha value is -1.88. The van der Waals surface area contributed by atoms with E-state index in [1.807, 2.05) is 24.3 Å². The maximum atomic E-state index is 12.5. The van der Waals surface area contributed by atoms with Crippen molar-refractivity contribution < 1.29 is 9.59 Å². The Bertz CT molecular complexity index is 581. The Kier molecular flexibility index (Phi) is 4.96. The number of nitrogens with zero attached hydrogens (tertiary/aromatic N) is 2. The van der Waals surface area contributed by atoms with Gasteiger partial charge in [0, 0.05) is 25.6 Å². The SMILES string of the molecule is CC(=O)N1c2ccccc2C[C@H]1C(=O)NCCCN1CCCC1. The fraction of sp³-hybridized carbons (Fsp3) is 0.556. The lowest BCUT2D eigenvalue weighted by Gasteiger charge is -2.23. The highest BCUT2D eigenvalue weighted by Gasteiger charge is 2.36. The molecular formula is C18H25N3O2. The first-order chi connectivity index (χ1) is 11.2. The van der Waals surface area contributed by atoms with E-state index < -0.39 is 6.04 Å². The summed E-state index contributed by atoms with van der Waals surface area (Å²) in [6, 6.07) is 7.36. The van der Waals surface area contributed by atoms with E-state index in [2.05, 4.69) is 10.2 Å². The molecule has 3 rings (SSSR count). The van der Waals surface area contributed by atoms with Crippen molar-refractivity contribution in [3.8, 4) is 0 Å². The molecule has 0 radical (unpaired) electrons. The van der Waals surface area contributed by atoms with Crippen molar-refractivity contribution in [2.75, 3.05) is 31.1 Å². The molecule has 5 heteroatoms. The normalized spacial score (nSPS) is 20.6. The Morgan fingerprint density at radius 1 is 1.22 bits per heavy atom. The van der Waals surface area contributed by atoms with Crippen molar-refractivity contribution in [1.82, 2.24) is 10.2 Å². The van der Waals surface area contributed by atoms with Crippen LogP contribution in [0.15, 0.2) is 24.3 Å². The second-order valence-electron chi connectivity index (χ2n) is 6.43. The first-order valence-electron chi connectivity index (χ1n) is 8.54. The average molecular weight is 315 g/mol. The number of amides is 2. The van der Waals surface area contributed by atoms with Gasteiger partial charge in [0.25, 0.3) is 0 Å². The largest absolute Gasteiger partial charge is 0.354 e. The third-order valence-electron chi connectivity index (χ3n) is 4.77. The lowest BCUT2D eigenvalue weighted by atomic mass is 10.1. The number of hydrogen-bond donors (Lipinski definition) is 1. The molecule has 0 spiro atoms. The number of fused-ring (bicyclic) bond motifs is 1. The van der Waals surface area contributed by atoms with Crippen LogP contribution in [0.4, 0.5) is 5.69 Å². The molecule has 2 heterocycles. The zero-order valence-electron chi connectivity index (χ0n) is 13.8. The van der Waals surface area contributed by atoms with E-state index >= 15 is 0 Å². The quantitative estimate of drug-likeness (QED) is 0.839. The molecule has 0 saturated carbocycles. The minimum atomic E-state index is -0.406. The molecule has 23 heavy (non-hydrogen) atoms. The fourth-order valence-electron chi connectivity index (χ4n) is 3.62. The van der Waals surface area contributed by atoms with E-state index in [-0.39, 0.29) is 11.8 Å². The van der Waals surface area contributed by atoms with Crippen molar-refractivity contribution in [2.45, 2.75) is 38.6 Å². The van der Waals surface area contributed by atoms with Gasteiger partial charge in [-0.3, -0.25) is 14.5 Å². The van der Waals surface area contributed by atoms with Crippen molar-refractivity contribution in [2.24, 2.45) is 0 Å². The summed E-state index contributed by atoms with van der Waals surface area (Å²) >= 11 is 0. The lowest BCUT2D eigenvalue weighted by molar-refractivity contribution is -0.125. The summed E-state index contributed by atoms with van der Waals surface area (Å²) in [5, 5.41) is 3.01. The molecule has 1 aromatic rings. The number of carbonyl (C=O) groups excluding carboxylic acids is 2. The minimum absolute atomic E-state index is 0.0437. The molecule has 1 saturated heterocycles. The van der Waals surface area contributed by atoms with Crippen LogP contribution in [0.5, 0.6) is 0 Å². The van der Waals surface area contributed by atoms with Crippen LogP contribution in [0.1, 0.15) is 31.7 Å². The first kappa shape index (κ1) is 16.0. The minimum Gasteiger partial charge on any atom is -0.354 e. The molecule has 2 amide bonds. The maximum absolute atomic E-state index is 12.5. The molecule has 2 aliphatic rings. The summed E-state index contributed by atoms with van der Waals surface area (Å²) in [6.45, 7) is 5.61.